The van der Waals surface area contributed by atoms with Crippen molar-refractivity contribution in [3.63, 3.8) is 0 Å². The fraction of sp³-hybridized carbons (Fsp3) is 0.462. The molecule has 0 aliphatic rings. The van der Waals surface area contributed by atoms with Crippen LogP contribution in [0.15, 0.2) is 36.4 Å². The van der Waals surface area contributed by atoms with E-state index in [1.54, 1.807) is 12.1 Å². The molecule has 3 aromatic rings. The van der Waals surface area contributed by atoms with Crippen molar-refractivity contribution in [3.8, 4) is 5.75 Å². The molecule has 0 fully saturated rings. The topological polar surface area (TPSA) is 122 Å². The van der Waals surface area contributed by atoms with Crippen molar-refractivity contribution in [2.45, 2.75) is 51.8 Å². The summed E-state index contributed by atoms with van der Waals surface area (Å²) in [7, 11) is 0. The standard InChI is InChI=1S/C26H31F3IN7O3S/c1-2-13-37(17-30)14-12-31-24(39)25-36-35-23(41-25)9-4-3-7-19-10-11-21(34-33-19)32-22(38)16-18-6-5-8-20(15-18)40-26(27,28)29/h5-6,8,10-11,15H,2-4,7,9,12-14,16-17H2,1H3,(H,31,39)(H,32,34,38). The van der Waals surface area contributed by atoms with Gasteiger partial charge in [-0.1, -0.05) is 53.0 Å². The zero-order valence-corrected chi connectivity index (χ0v) is 25.4. The number of amides is 2. The zero-order chi connectivity index (χ0) is 29.7. The molecule has 0 atom stereocenters. The predicted molar refractivity (Wildman–Crippen MR) is 157 cm³/mol. The maximum Gasteiger partial charge on any atom is 0.573 e. The van der Waals surface area contributed by atoms with Crippen LogP contribution >= 0.6 is 33.9 Å². The molecule has 0 aliphatic heterocycles. The molecule has 0 bridgehead atoms. The van der Waals surface area contributed by atoms with Gasteiger partial charge in [0.15, 0.2) is 5.82 Å². The lowest BCUT2D eigenvalue weighted by molar-refractivity contribution is -0.274. The summed E-state index contributed by atoms with van der Waals surface area (Å²) in [4.78, 5) is 26.9. The highest BCUT2D eigenvalue weighted by Gasteiger charge is 2.31. The molecular formula is C26H31F3IN7O3S. The molecular weight excluding hydrogens is 674 g/mol. The number of unbranched alkanes of at least 4 members (excludes halogenated alkanes) is 1. The lowest BCUT2D eigenvalue weighted by Gasteiger charge is -2.18. The third-order valence-corrected chi connectivity index (χ3v) is 7.59. The molecule has 222 valence electrons. The van der Waals surface area contributed by atoms with E-state index in [0.717, 1.165) is 53.7 Å². The number of nitrogens with zero attached hydrogens (tertiary/aromatic N) is 5. The quantitative estimate of drug-likeness (QED) is 0.0944. The predicted octanol–water partition coefficient (Wildman–Crippen LogP) is 4.81. The van der Waals surface area contributed by atoms with Crippen LogP contribution in [0.2, 0.25) is 0 Å². The van der Waals surface area contributed by atoms with Crippen molar-refractivity contribution >= 4 is 51.6 Å². The van der Waals surface area contributed by atoms with Gasteiger partial charge >= 0.3 is 6.36 Å². The summed E-state index contributed by atoms with van der Waals surface area (Å²) < 4.78 is 42.0. The van der Waals surface area contributed by atoms with Gasteiger partial charge in [-0.2, -0.15) is 5.10 Å². The Labute approximate surface area is 253 Å². The third kappa shape index (κ3) is 12.2. The number of ether oxygens (including phenoxy) is 1. The van der Waals surface area contributed by atoms with Gasteiger partial charge in [0.1, 0.15) is 10.8 Å². The minimum Gasteiger partial charge on any atom is -0.406 e. The Balaban J connectivity index is 1.36. The maximum atomic E-state index is 12.4. The molecule has 0 radical (unpaired) electrons. The summed E-state index contributed by atoms with van der Waals surface area (Å²) in [5.74, 6) is -0.792. The Morgan fingerprint density at radius 3 is 2.56 bits per heavy atom. The van der Waals surface area contributed by atoms with E-state index in [2.05, 4.69) is 70.2 Å². The Bertz CT molecular complexity index is 1260. The van der Waals surface area contributed by atoms with Crippen LogP contribution in [0.25, 0.3) is 0 Å². The van der Waals surface area contributed by atoms with E-state index in [1.165, 1.54) is 29.5 Å². The van der Waals surface area contributed by atoms with Crippen LogP contribution < -0.4 is 15.4 Å². The van der Waals surface area contributed by atoms with Gasteiger partial charge in [0.2, 0.25) is 10.9 Å². The fourth-order valence-corrected chi connectivity index (χ4v) is 5.24. The Morgan fingerprint density at radius 2 is 1.85 bits per heavy atom. The minimum absolute atomic E-state index is 0.149. The molecule has 15 heteroatoms. The first-order valence-electron chi connectivity index (χ1n) is 13.0. The van der Waals surface area contributed by atoms with Gasteiger partial charge in [0, 0.05) is 19.5 Å². The molecule has 0 saturated heterocycles. The minimum atomic E-state index is -4.80. The summed E-state index contributed by atoms with van der Waals surface area (Å²) in [6.45, 7) is 4.49. The lowest BCUT2D eigenvalue weighted by atomic mass is 10.1. The molecule has 2 aromatic heterocycles. The van der Waals surface area contributed by atoms with E-state index in [0.29, 0.717) is 30.0 Å². The highest BCUT2D eigenvalue weighted by molar-refractivity contribution is 14.1. The summed E-state index contributed by atoms with van der Waals surface area (Å²) in [6.07, 6.45) is -0.866. The molecule has 0 aliphatic carbocycles. The highest BCUT2D eigenvalue weighted by Crippen LogP contribution is 2.23. The van der Waals surface area contributed by atoms with Crippen LogP contribution in [0.4, 0.5) is 19.0 Å². The first-order valence-corrected chi connectivity index (χ1v) is 15.4. The largest absolute Gasteiger partial charge is 0.573 e. The normalized spacial score (nSPS) is 11.5. The van der Waals surface area contributed by atoms with E-state index < -0.39 is 12.3 Å². The van der Waals surface area contributed by atoms with Crippen LogP contribution in [0.5, 0.6) is 5.75 Å². The first-order chi connectivity index (χ1) is 19.6. The number of anilines is 1. The van der Waals surface area contributed by atoms with Crippen molar-refractivity contribution < 1.29 is 27.5 Å². The second-order valence-electron chi connectivity index (χ2n) is 9.03. The third-order valence-electron chi connectivity index (χ3n) is 5.64. The number of hydrogen-bond donors (Lipinski definition) is 2. The van der Waals surface area contributed by atoms with E-state index in [1.807, 2.05) is 0 Å². The molecule has 10 nitrogen and oxygen atoms in total. The van der Waals surface area contributed by atoms with Crippen LogP contribution in [-0.2, 0) is 24.1 Å². The monoisotopic (exact) mass is 705 g/mol. The average molecular weight is 706 g/mol. The number of aryl methyl sites for hydroxylation is 2. The number of aromatic nitrogens is 4. The van der Waals surface area contributed by atoms with Crippen molar-refractivity contribution in [2.24, 2.45) is 0 Å². The van der Waals surface area contributed by atoms with Crippen molar-refractivity contribution in [1.29, 1.82) is 0 Å². The van der Waals surface area contributed by atoms with Crippen LogP contribution in [0.1, 0.15) is 52.3 Å². The number of carbonyl (C=O) groups is 2. The second-order valence-corrected chi connectivity index (χ2v) is 10.8. The second kappa shape index (κ2) is 16.5. The summed E-state index contributed by atoms with van der Waals surface area (Å²) in [5.41, 5.74) is 1.11. The molecule has 0 spiro atoms. The molecule has 2 amide bonds. The maximum absolute atomic E-state index is 12.4. The van der Waals surface area contributed by atoms with Gasteiger partial charge in [-0.25, -0.2) is 0 Å². The zero-order valence-electron chi connectivity index (χ0n) is 22.4. The molecule has 0 saturated carbocycles. The number of carbonyl (C=O) groups excluding carboxylic acids is 2. The number of hydrogen-bond acceptors (Lipinski definition) is 9. The summed E-state index contributed by atoms with van der Waals surface area (Å²) in [6, 6.07) is 8.63. The van der Waals surface area contributed by atoms with Crippen molar-refractivity contribution in [1.82, 2.24) is 30.6 Å². The Kier molecular flexibility index (Phi) is 13.1. The van der Waals surface area contributed by atoms with E-state index in [4.69, 9.17) is 0 Å². The molecule has 3 rings (SSSR count). The van der Waals surface area contributed by atoms with Crippen molar-refractivity contribution in [2.75, 3.05) is 29.5 Å². The van der Waals surface area contributed by atoms with Crippen LogP contribution in [0, 0.1) is 0 Å². The molecule has 0 unspecified atom stereocenters. The summed E-state index contributed by atoms with van der Waals surface area (Å²) >= 11 is 3.62. The summed E-state index contributed by atoms with van der Waals surface area (Å²) in [5, 5.41) is 22.9. The number of alkyl halides is 4. The first kappa shape index (κ1) is 32.6. The van der Waals surface area contributed by atoms with Crippen LogP contribution in [0.3, 0.4) is 0 Å². The number of halogens is 4. The fourth-order valence-electron chi connectivity index (χ4n) is 3.76. The van der Waals surface area contributed by atoms with Gasteiger partial charge in [-0.15, -0.1) is 28.5 Å². The number of benzene rings is 1. The lowest BCUT2D eigenvalue weighted by Crippen LogP contribution is -2.34. The van der Waals surface area contributed by atoms with Gasteiger partial charge in [-0.3, -0.25) is 14.5 Å². The highest BCUT2D eigenvalue weighted by atomic mass is 127. The SMILES string of the molecule is CCCN(CI)CCNC(=O)c1nnc(CCCCc2ccc(NC(=O)Cc3cccc(OC(F)(F)F)c3)nn2)s1. The van der Waals surface area contributed by atoms with Gasteiger partial charge in [0.05, 0.1) is 16.7 Å². The number of rotatable bonds is 16. The smallest absolute Gasteiger partial charge is 0.406 e. The average Bonchev–Trinajstić information content (AvgIpc) is 3.40. The van der Waals surface area contributed by atoms with E-state index >= 15 is 0 Å². The van der Waals surface area contributed by atoms with E-state index in [-0.39, 0.29) is 23.9 Å². The Hall–Kier alpha value is -2.92. The Morgan fingerprint density at radius 1 is 1.05 bits per heavy atom. The van der Waals surface area contributed by atoms with E-state index in [9.17, 15) is 22.8 Å². The number of nitrogens with one attached hydrogen (secondary N) is 2. The van der Waals surface area contributed by atoms with Gasteiger partial charge in [0.25, 0.3) is 5.91 Å². The van der Waals surface area contributed by atoms with Crippen LogP contribution in [-0.4, -0.2) is 67.7 Å². The van der Waals surface area contributed by atoms with Gasteiger partial charge < -0.3 is 15.4 Å². The molecule has 41 heavy (non-hydrogen) atoms. The van der Waals surface area contributed by atoms with Gasteiger partial charge in [-0.05, 0) is 62.1 Å². The van der Waals surface area contributed by atoms with Crippen molar-refractivity contribution in [3.05, 3.63) is 57.7 Å². The molecule has 2 heterocycles. The molecule has 2 N–H and O–H groups in total. The molecule has 1 aromatic carbocycles.